The van der Waals surface area contributed by atoms with Gasteiger partial charge in [-0.2, -0.15) is 5.10 Å². The summed E-state index contributed by atoms with van der Waals surface area (Å²) in [7, 11) is 3.45. The number of nitrogens with zero attached hydrogens (tertiary/aromatic N) is 2. The van der Waals surface area contributed by atoms with Gasteiger partial charge in [0.1, 0.15) is 0 Å². The Kier molecular flexibility index (Phi) is 6.72. The van der Waals surface area contributed by atoms with Crippen LogP contribution in [0.3, 0.4) is 0 Å². The van der Waals surface area contributed by atoms with E-state index in [2.05, 4.69) is 10.4 Å². The van der Waals surface area contributed by atoms with Gasteiger partial charge in [0.2, 0.25) is 0 Å². The quantitative estimate of drug-likeness (QED) is 0.577. The summed E-state index contributed by atoms with van der Waals surface area (Å²) < 4.78 is 13.2. The molecule has 3 aromatic rings. The highest BCUT2D eigenvalue weighted by molar-refractivity contribution is 5.99. The molecule has 0 fully saturated rings. The Bertz CT molecular complexity index is 1230. The molecule has 1 aliphatic carbocycles. The van der Waals surface area contributed by atoms with E-state index in [9.17, 15) is 9.59 Å². The number of amides is 1. The number of ketones is 1. The minimum atomic E-state index is -0.726. The molecule has 1 heterocycles. The summed E-state index contributed by atoms with van der Waals surface area (Å²) in [6, 6.07) is 12.3. The summed E-state index contributed by atoms with van der Waals surface area (Å²) in [5, 5.41) is 7.61. The van der Waals surface area contributed by atoms with Crippen LogP contribution in [0, 0.1) is 13.8 Å². The van der Waals surface area contributed by atoms with E-state index < -0.39 is 12.0 Å². The zero-order valence-corrected chi connectivity index (χ0v) is 20.3. The number of aryl methyl sites for hydroxylation is 3. The van der Waals surface area contributed by atoms with Gasteiger partial charge < -0.3 is 14.8 Å². The van der Waals surface area contributed by atoms with E-state index in [4.69, 9.17) is 9.47 Å². The lowest BCUT2D eigenvalue weighted by molar-refractivity contribution is -0.121. The Hall–Kier alpha value is -3.61. The number of fused-ring (bicyclic) bond motifs is 1. The summed E-state index contributed by atoms with van der Waals surface area (Å²) >= 11 is 0. The van der Waals surface area contributed by atoms with Crippen molar-refractivity contribution in [3.8, 4) is 11.5 Å². The van der Waals surface area contributed by atoms with Crippen molar-refractivity contribution < 1.29 is 19.1 Å². The van der Waals surface area contributed by atoms with E-state index in [1.54, 1.807) is 17.9 Å². The molecule has 1 aliphatic rings. The maximum absolute atomic E-state index is 13.4. The lowest BCUT2D eigenvalue weighted by Gasteiger charge is -2.32. The Morgan fingerprint density at radius 3 is 2.68 bits per heavy atom. The van der Waals surface area contributed by atoms with Gasteiger partial charge in [0.05, 0.1) is 31.9 Å². The molecule has 0 aliphatic heterocycles. The standard InChI is InChI=1S/C27H31N3O4/c1-6-12-34-22-11-10-18(14-23(22)33-5)25-24-17(3)29-30(4)20(24)15-21(31)26(25)28-27(32)19-9-7-8-16(2)13-19/h7-11,13-14,25-26H,6,12,15H2,1-5H3,(H,28,32)/t25-,26-/m1/s1. The van der Waals surface area contributed by atoms with E-state index in [0.29, 0.717) is 23.7 Å². The largest absolute Gasteiger partial charge is 0.493 e. The second-order valence-electron chi connectivity index (χ2n) is 8.77. The van der Waals surface area contributed by atoms with Crippen LogP contribution in [0.4, 0.5) is 0 Å². The van der Waals surface area contributed by atoms with Crippen LogP contribution in [-0.4, -0.2) is 41.2 Å². The van der Waals surface area contributed by atoms with Crippen molar-refractivity contribution in [3.05, 3.63) is 76.1 Å². The van der Waals surface area contributed by atoms with Crippen LogP contribution < -0.4 is 14.8 Å². The number of carbonyl (C=O) groups excluding carboxylic acids is 2. The average Bonchev–Trinajstić information content (AvgIpc) is 3.10. The minimum absolute atomic E-state index is 0.0493. The fourth-order valence-electron chi connectivity index (χ4n) is 4.71. The highest BCUT2D eigenvalue weighted by atomic mass is 16.5. The number of benzene rings is 2. The predicted molar refractivity (Wildman–Crippen MR) is 130 cm³/mol. The van der Waals surface area contributed by atoms with Crippen LogP contribution >= 0.6 is 0 Å². The van der Waals surface area contributed by atoms with Crippen LogP contribution in [0.15, 0.2) is 42.5 Å². The van der Waals surface area contributed by atoms with Gasteiger partial charge in [0, 0.05) is 29.8 Å². The molecule has 7 nitrogen and oxygen atoms in total. The minimum Gasteiger partial charge on any atom is -0.493 e. The summed E-state index contributed by atoms with van der Waals surface area (Å²) in [5.41, 5.74) is 5.06. The molecule has 0 saturated heterocycles. The Morgan fingerprint density at radius 1 is 1.18 bits per heavy atom. The number of ether oxygens (including phenoxy) is 2. The summed E-state index contributed by atoms with van der Waals surface area (Å²) in [6.07, 6.45) is 1.10. The van der Waals surface area contributed by atoms with Gasteiger partial charge >= 0.3 is 0 Å². The first kappa shape index (κ1) is 23.5. The molecule has 0 unspecified atom stereocenters. The highest BCUT2D eigenvalue weighted by Crippen LogP contribution is 2.40. The highest BCUT2D eigenvalue weighted by Gasteiger charge is 2.41. The van der Waals surface area contributed by atoms with Crippen LogP contribution in [-0.2, 0) is 18.3 Å². The third-order valence-electron chi connectivity index (χ3n) is 6.30. The fraction of sp³-hybridized carbons (Fsp3) is 0.370. The summed E-state index contributed by atoms with van der Waals surface area (Å²) in [4.78, 5) is 26.5. The van der Waals surface area contributed by atoms with Gasteiger partial charge in [0.25, 0.3) is 5.91 Å². The van der Waals surface area contributed by atoms with Crippen LogP contribution in [0.25, 0.3) is 0 Å². The van der Waals surface area contributed by atoms with E-state index in [-0.39, 0.29) is 18.1 Å². The molecule has 1 amide bonds. The fourth-order valence-corrected chi connectivity index (χ4v) is 4.71. The lowest BCUT2D eigenvalue weighted by atomic mass is 9.76. The molecule has 0 spiro atoms. The van der Waals surface area contributed by atoms with Crippen molar-refractivity contribution in [1.29, 1.82) is 0 Å². The van der Waals surface area contributed by atoms with Crippen molar-refractivity contribution in [3.63, 3.8) is 0 Å². The number of carbonyl (C=O) groups is 2. The van der Waals surface area contributed by atoms with Gasteiger partial charge in [0.15, 0.2) is 17.3 Å². The Labute approximate surface area is 200 Å². The predicted octanol–water partition coefficient (Wildman–Crippen LogP) is 3.89. The van der Waals surface area contributed by atoms with Crippen molar-refractivity contribution in [1.82, 2.24) is 15.1 Å². The Balaban J connectivity index is 1.78. The molecule has 2 aromatic carbocycles. The summed E-state index contributed by atoms with van der Waals surface area (Å²) in [5.74, 6) is 0.529. The third-order valence-corrected chi connectivity index (χ3v) is 6.30. The van der Waals surface area contributed by atoms with Gasteiger partial charge in [-0.3, -0.25) is 14.3 Å². The van der Waals surface area contributed by atoms with Crippen molar-refractivity contribution >= 4 is 11.7 Å². The molecule has 178 valence electrons. The molecule has 0 radical (unpaired) electrons. The number of hydrogen-bond acceptors (Lipinski definition) is 5. The van der Waals surface area contributed by atoms with E-state index in [1.165, 1.54) is 0 Å². The molecule has 1 aromatic heterocycles. The molecular formula is C27H31N3O4. The summed E-state index contributed by atoms with van der Waals surface area (Å²) in [6.45, 7) is 6.50. The van der Waals surface area contributed by atoms with Gasteiger partial charge in [-0.25, -0.2) is 0 Å². The van der Waals surface area contributed by atoms with Crippen molar-refractivity contribution in [2.75, 3.05) is 13.7 Å². The first-order valence-electron chi connectivity index (χ1n) is 11.6. The van der Waals surface area contributed by atoms with E-state index >= 15 is 0 Å². The lowest BCUT2D eigenvalue weighted by Crippen LogP contribution is -2.48. The van der Waals surface area contributed by atoms with Crippen LogP contribution in [0.5, 0.6) is 11.5 Å². The second kappa shape index (κ2) is 9.71. The number of methoxy groups -OCH3 is 1. The van der Waals surface area contributed by atoms with Gasteiger partial charge in [-0.15, -0.1) is 0 Å². The van der Waals surface area contributed by atoms with Gasteiger partial charge in [-0.05, 0) is 50.1 Å². The topological polar surface area (TPSA) is 82.5 Å². The molecule has 34 heavy (non-hydrogen) atoms. The molecular weight excluding hydrogens is 430 g/mol. The van der Waals surface area contributed by atoms with Crippen molar-refractivity contribution in [2.24, 2.45) is 7.05 Å². The molecule has 1 N–H and O–H groups in total. The van der Waals surface area contributed by atoms with E-state index in [0.717, 1.165) is 34.5 Å². The number of rotatable bonds is 7. The third kappa shape index (κ3) is 4.42. The molecule has 0 saturated carbocycles. The Morgan fingerprint density at radius 2 is 1.97 bits per heavy atom. The number of Topliss-reactive ketones (excluding diaryl/α,β-unsaturated/α-hetero) is 1. The molecule has 4 rings (SSSR count). The number of hydrogen-bond donors (Lipinski definition) is 1. The molecule has 7 heteroatoms. The maximum atomic E-state index is 13.4. The maximum Gasteiger partial charge on any atom is 0.251 e. The first-order valence-corrected chi connectivity index (χ1v) is 11.6. The SMILES string of the molecule is CCCOc1ccc([C@@H]2c3c(C)nn(C)c3CC(=O)[C@H]2NC(=O)c2cccc(C)c2)cc1OC. The monoisotopic (exact) mass is 461 g/mol. The van der Waals surface area contributed by atoms with Crippen LogP contribution in [0.2, 0.25) is 0 Å². The van der Waals surface area contributed by atoms with Gasteiger partial charge in [-0.1, -0.05) is 30.7 Å². The second-order valence-corrected chi connectivity index (χ2v) is 8.77. The molecule has 2 atom stereocenters. The van der Waals surface area contributed by atoms with E-state index in [1.807, 2.05) is 64.2 Å². The first-order chi connectivity index (χ1) is 16.3. The average molecular weight is 462 g/mol. The van der Waals surface area contributed by atoms with Crippen molar-refractivity contribution in [2.45, 2.75) is 45.6 Å². The van der Waals surface area contributed by atoms with Crippen LogP contribution in [0.1, 0.15) is 57.7 Å². The normalized spacial score (nSPS) is 17.3. The zero-order valence-electron chi connectivity index (χ0n) is 20.3. The number of aromatic nitrogens is 2. The molecule has 0 bridgehead atoms. The zero-order chi connectivity index (χ0) is 24.4. The smallest absolute Gasteiger partial charge is 0.251 e. The number of nitrogens with one attached hydrogen (secondary N) is 1.